The molecule has 0 amide bonds. The van der Waals surface area contributed by atoms with E-state index in [1.165, 1.54) is 19.9 Å². The van der Waals surface area contributed by atoms with Gasteiger partial charge < -0.3 is 14.2 Å². The predicted molar refractivity (Wildman–Crippen MR) is 85.5 cm³/mol. The first-order chi connectivity index (χ1) is 11.6. The normalized spacial score (nSPS) is 16.5. The molecule has 136 valence electrons. The lowest BCUT2D eigenvalue weighted by molar-refractivity contribution is -0.222. The van der Waals surface area contributed by atoms with Crippen molar-refractivity contribution < 1.29 is 32.6 Å². The summed E-state index contributed by atoms with van der Waals surface area (Å²) in [5.74, 6) is -5.38. The molecular weight excluding hydrogens is 334 g/mol. The Bertz CT molecular complexity index is 700. The van der Waals surface area contributed by atoms with Crippen LogP contribution in [0.4, 0.5) is 8.78 Å². The van der Waals surface area contributed by atoms with Crippen molar-refractivity contribution in [2.45, 2.75) is 39.9 Å². The number of cyclic esters (lactones) is 2. The number of rotatable bonds is 5. The Balaban J connectivity index is 2.29. The Labute approximate surface area is 144 Å². The first-order valence-corrected chi connectivity index (χ1v) is 7.89. The van der Waals surface area contributed by atoms with Gasteiger partial charge in [-0.15, -0.1) is 0 Å². The summed E-state index contributed by atoms with van der Waals surface area (Å²) in [6.45, 7) is 6.99. The molecule has 0 aromatic heterocycles. The molecule has 0 unspecified atom stereocenters. The summed E-state index contributed by atoms with van der Waals surface area (Å²) in [6.07, 6.45) is 1.75. The van der Waals surface area contributed by atoms with Crippen LogP contribution in [0.1, 0.15) is 39.7 Å². The van der Waals surface area contributed by atoms with Crippen LogP contribution >= 0.6 is 0 Å². The molecule has 0 saturated carbocycles. The van der Waals surface area contributed by atoms with E-state index in [9.17, 15) is 18.4 Å². The Morgan fingerprint density at radius 3 is 2.32 bits per heavy atom. The molecule has 2 rings (SSSR count). The first-order valence-electron chi connectivity index (χ1n) is 7.89. The molecule has 1 fully saturated rings. The minimum Gasteiger partial charge on any atom is -0.490 e. The standard InChI is InChI=1S/C18H20F2O5/c1-10(2)5-6-23-14-9-11(8-13(19)15(14)20)7-12-16(21)24-18(3,4)25-17(12)22/h7-10H,5-6H2,1-4H3. The SMILES string of the molecule is CC(C)CCOc1cc(C=C2C(=O)OC(C)(C)OC2=O)cc(F)c1F. The lowest BCUT2D eigenvalue weighted by Crippen LogP contribution is -2.41. The zero-order valence-corrected chi connectivity index (χ0v) is 14.5. The van der Waals surface area contributed by atoms with Crippen LogP contribution in [0.3, 0.4) is 0 Å². The largest absolute Gasteiger partial charge is 0.490 e. The van der Waals surface area contributed by atoms with Crippen LogP contribution in [0, 0.1) is 17.6 Å². The fourth-order valence-corrected chi connectivity index (χ4v) is 2.12. The summed E-state index contributed by atoms with van der Waals surface area (Å²) in [5, 5.41) is 0. The molecule has 1 aliphatic heterocycles. The van der Waals surface area contributed by atoms with E-state index in [4.69, 9.17) is 14.2 Å². The molecular formula is C18H20F2O5. The number of hydrogen-bond acceptors (Lipinski definition) is 5. The van der Waals surface area contributed by atoms with E-state index < -0.39 is 34.9 Å². The van der Waals surface area contributed by atoms with Crippen LogP contribution in [-0.4, -0.2) is 24.3 Å². The zero-order valence-electron chi connectivity index (χ0n) is 14.5. The van der Waals surface area contributed by atoms with Crippen LogP contribution in [0.15, 0.2) is 17.7 Å². The molecule has 1 aliphatic rings. The number of hydrogen-bond donors (Lipinski definition) is 0. The summed E-state index contributed by atoms with van der Waals surface area (Å²) in [7, 11) is 0. The van der Waals surface area contributed by atoms with Crippen molar-refractivity contribution in [1.29, 1.82) is 0 Å². The second-order valence-corrected chi connectivity index (χ2v) is 6.58. The highest BCUT2D eigenvalue weighted by Crippen LogP contribution is 2.27. The van der Waals surface area contributed by atoms with Crippen molar-refractivity contribution >= 4 is 18.0 Å². The Kier molecular flexibility index (Phi) is 5.45. The van der Waals surface area contributed by atoms with Crippen molar-refractivity contribution in [3.05, 3.63) is 34.9 Å². The minimum absolute atomic E-state index is 0.0852. The summed E-state index contributed by atoms with van der Waals surface area (Å²) >= 11 is 0. The smallest absolute Gasteiger partial charge is 0.348 e. The van der Waals surface area contributed by atoms with Crippen molar-refractivity contribution in [3.63, 3.8) is 0 Å². The first kappa shape index (κ1) is 18.9. The number of carbonyl (C=O) groups is 2. The highest BCUT2D eigenvalue weighted by molar-refractivity contribution is 6.18. The number of esters is 2. The molecule has 7 heteroatoms. The summed E-state index contributed by atoms with van der Waals surface area (Å²) in [4.78, 5) is 23.8. The van der Waals surface area contributed by atoms with Crippen LogP contribution in [0.2, 0.25) is 0 Å². The van der Waals surface area contributed by atoms with E-state index in [-0.39, 0.29) is 17.9 Å². The molecule has 1 aromatic carbocycles. The lowest BCUT2D eigenvalue weighted by Gasteiger charge is -2.29. The van der Waals surface area contributed by atoms with Gasteiger partial charge in [0.05, 0.1) is 6.61 Å². The van der Waals surface area contributed by atoms with Crippen molar-refractivity contribution in [3.8, 4) is 5.75 Å². The molecule has 0 N–H and O–H groups in total. The van der Waals surface area contributed by atoms with E-state index in [2.05, 4.69) is 0 Å². The van der Waals surface area contributed by atoms with Crippen LogP contribution in [0.5, 0.6) is 5.75 Å². The molecule has 1 saturated heterocycles. The van der Waals surface area contributed by atoms with Gasteiger partial charge in [0.1, 0.15) is 5.57 Å². The molecule has 5 nitrogen and oxygen atoms in total. The van der Waals surface area contributed by atoms with Gasteiger partial charge >= 0.3 is 11.9 Å². The van der Waals surface area contributed by atoms with Gasteiger partial charge in [-0.1, -0.05) is 13.8 Å². The fourth-order valence-electron chi connectivity index (χ4n) is 2.12. The Morgan fingerprint density at radius 2 is 1.76 bits per heavy atom. The molecule has 1 aromatic rings. The highest BCUT2D eigenvalue weighted by Gasteiger charge is 2.38. The van der Waals surface area contributed by atoms with Crippen LogP contribution < -0.4 is 4.74 Å². The van der Waals surface area contributed by atoms with Gasteiger partial charge in [-0.2, -0.15) is 4.39 Å². The van der Waals surface area contributed by atoms with Gasteiger partial charge in [0, 0.05) is 13.8 Å². The van der Waals surface area contributed by atoms with E-state index in [0.717, 1.165) is 12.1 Å². The molecule has 0 atom stereocenters. The molecule has 0 aliphatic carbocycles. The van der Waals surface area contributed by atoms with E-state index in [0.29, 0.717) is 12.3 Å². The third-order valence-corrected chi connectivity index (χ3v) is 3.40. The number of ether oxygens (including phenoxy) is 3. The van der Waals surface area contributed by atoms with Gasteiger partial charge in [-0.3, -0.25) is 0 Å². The Morgan fingerprint density at radius 1 is 1.16 bits per heavy atom. The van der Waals surface area contributed by atoms with Crippen molar-refractivity contribution in [1.82, 2.24) is 0 Å². The van der Waals surface area contributed by atoms with E-state index >= 15 is 0 Å². The van der Waals surface area contributed by atoms with Gasteiger partial charge in [-0.05, 0) is 36.1 Å². The Hall–Kier alpha value is -2.44. The number of halogens is 2. The number of carbonyl (C=O) groups excluding carboxylic acids is 2. The van der Waals surface area contributed by atoms with Crippen LogP contribution in [-0.2, 0) is 19.1 Å². The van der Waals surface area contributed by atoms with Crippen LogP contribution in [0.25, 0.3) is 6.08 Å². The van der Waals surface area contributed by atoms with Crippen molar-refractivity contribution in [2.75, 3.05) is 6.61 Å². The van der Waals surface area contributed by atoms with Gasteiger partial charge in [0.2, 0.25) is 5.82 Å². The molecule has 1 heterocycles. The van der Waals surface area contributed by atoms with Crippen molar-refractivity contribution in [2.24, 2.45) is 5.92 Å². The van der Waals surface area contributed by atoms with E-state index in [1.807, 2.05) is 13.8 Å². The maximum atomic E-state index is 13.8. The average Bonchev–Trinajstić information content (AvgIpc) is 2.46. The molecule has 0 spiro atoms. The maximum absolute atomic E-state index is 13.8. The third kappa shape index (κ3) is 4.78. The van der Waals surface area contributed by atoms with Gasteiger partial charge in [0.15, 0.2) is 11.6 Å². The summed E-state index contributed by atoms with van der Waals surface area (Å²) in [5.41, 5.74) is -0.319. The van der Waals surface area contributed by atoms with Gasteiger partial charge in [0.25, 0.3) is 5.79 Å². The zero-order chi connectivity index (χ0) is 18.8. The molecule has 25 heavy (non-hydrogen) atoms. The quantitative estimate of drug-likeness (QED) is 0.459. The highest BCUT2D eigenvalue weighted by atomic mass is 19.2. The lowest BCUT2D eigenvalue weighted by atomic mass is 10.1. The summed E-state index contributed by atoms with van der Waals surface area (Å²) in [6, 6.07) is 2.07. The summed E-state index contributed by atoms with van der Waals surface area (Å²) < 4.78 is 42.8. The maximum Gasteiger partial charge on any atom is 0.348 e. The monoisotopic (exact) mass is 354 g/mol. The molecule has 0 bridgehead atoms. The third-order valence-electron chi connectivity index (χ3n) is 3.40. The minimum atomic E-state index is -1.37. The topological polar surface area (TPSA) is 61.8 Å². The number of benzene rings is 1. The fraction of sp³-hybridized carbons (Fsp3) is 0.444. The average molecular weight is 354 g/mol. The second-order valence-electron chi connectivity index (χ2n) is 6.58. The molecule has 0 radical (unpaired) electrons. The predicted octanol–water partition coefficient (Wildman–Crippen LogP) is 3.61. The van der Waals surface area contributed by atoms with Gasteiger partial charge in [-0.25, -0.2) is 14.0 Å². The van der Waals surface area contributed by atoms with E-state index in [1.54, 1.807) is 0 Å². The second kappa shape index (κ2) is 7.21.